The van der Waals surface area contributed by atoms with Gasteiger partial charge in [-0.25, -0.2) is 0 Å². The first-order valence-electron chi connectivity index (χ1n) is 30.5. The highest BCUT2D eigenvalue weighted by Crippen LogP contribution is 2.22. The van der Waals surface area contributed by atoms with E-state index in [0.717, 1.165) is 96.9 Å². The minimum absolute atomic E-state index is 0.0335. The fourth-order valence-electron chi connectivity index (χ4n) is 9.66. The SMILES string of the molecule is CCCCCCCCC(CCCCCC)COC(=O)CCCCCN(CCCCCC(=O)OCC(CCCCCC)CCCCCCCC)CCN(CCO)CCCCNC(=O)CCCCCCC. The highest BCUT2D eigenvalue weighted by Gasteiger charge is 2.15. The molecule has 410 valence electrons. The number of nitrogens with zero attached hydrogens (tertiary/aromatic N) is 2. The van der Waals surface area contributed by atoms with E-state index in [1.165, 1.54) is 173 Å². The second kappa shape index (κ2) is 54.1. The van der Waals surface area contributed by atoms with Gasteiger partial charge in [-0.2, -0.15) is 0 Å². The molecule has 0 aliphatic heterocycles. The van der Waals surface area contributed by atoms with Gasteiger partial charge >= 0.3 is 11.9 Å². The maximum absolute atomic E-state index is 12.9. The number of ether oxygens (including phenoxy) is 2. The quantitative estimate of drug-likeness (QED) is 0.0458. The summed E-state index contributed by atoms with van der Waals surface area (Å²) in [7, 11) is 0. The molecule has 0 saturated heterocycles. The predicted molar refractivity (Wildman–Crippen MR) is 295 cm³/mol. The van der Waals surface area contributed by atoms with E-state index in [1.54, 1.807) is 0 Å². The summed E-state index contributed by atoms with van der Waals surface area (Å²) in [6, 6.07) is 0. The van der Waals surface area contributed by atoms with Gasteiger partial charge in [0.1, 0.15) is 0 Å². The Labute approximate surface area is 429 Å². The van der Waals surface area contributed by atoms with Gasteiger partial charge in [0.2, 0.25) is 5.91 Å². The van der Waals surface area contributed by atoms with Crippen LogP contribution in [0.2, 0.25) is 0 Å². The van der Waals surface area contributed by atoms with E-state index in [0.29, 0.717) is 57.4 Å². The topological polar surface area (TPSA) is 108 Å². The Kier molecular flexibility index (Phi) is 52.7. The predicted octanol–water partition coefficient (Wildman–Crippen LogP) is 15.7. The summed E-state index contributed by atoms with van der Waals surface area (Å²) in [6.07, 6.45) is 45.6. The molecule has 0 aromatic heterocycles. The van der Waals surface area contributed by atoms with Crippen molar-refractivity contribution in [3.8, 4) is 0 Å². The molecule has 0 bridgehead atoms. The first kappa shape index (κ1) is 67.3. The normalized spacial score (nSPS) is 12.5. The van der Waals surface area contributed by atoms with Gasteiger partial charge in [0.05, 0.1) is 19.8 Å². The summed E-state index contributed by atoms with van der Waals surface area (Å²) >= 11 is 0. The number of carbonyl (C=O) groups is 3. The third-order valence-corrected chi connectivity index (χ3v) is 14.4. The Morgan fingerprint density at radius 3 is 1.10 bits per heavy atom. The molecule has 0 heterocycles. The van der Waals surface area contributed by atoms with E-state index >= 15 is 0 Å². The average Bonchev–Trinajstić information content (AvgIpc) is 3.34. The Morgan fingerprint density at radius 1 is 0.377 bits per heavy atom. The number of unbranched alkanes of at least 4 members (excludes halogenated alkanes) is 25. The molecule has 2 unspecified atom stereocenters. The molecule has 2 N–H and O–H groups in total. The number of aliphatic hydroxyl groups is 1. The van der Waals surface area contributed by atoms with E-state index in [4.69, 9.17) is 9.47 Å². The molecule has 2 atom stereocenters. The van der Waals surface area contributed by atoms with Crippen LogP contribution < -0.4 is 5.32 Å². The molecule has 1 amide bonds. The lowest BCUT2D eigenvalue weighted by molar-refractivity contribution is -0.146. The number of hydrogen-bond acceptors (Lipinski definition) is 8. The first-order chi connectivity index (χ1) is 33.8. The van der Waals surface area contributed by atoms with Crippen molar-refractivity contribution in [3.63, 3.8) is 0 Å². The van der Waals surface area contributed by atoms with Crippen LogP contribution in [0, 0.1) is 11.8 Å². The van der Waals surface area contributed by atoms with Crippen molar-refractivity contribution in [3.05, 3.63) is 0 Å². The first-order valence-corrected chi connectivity index (χ1v) is 30.5. The Hall–Kier alpha value is -1.71. The average molecular weight is 979 g/mol. The molecule has 0 aromatic carbocycles. The van der Waals surface area contributed by atoms with Gasteiger partial charge in [-0.3, -0.25) is 19.3 Å². The lowest BCUT2D eigenvalue weighted by Gasteiger charge is -2.27. The van der Waals surface area contributed by atoms with Crippen LogP contribution in [-0.2, 0) is 23.9 Å². The zero-order valence-corrected chi connectivity index (χ0v) is 46.9. The molecule has 0 aromatic rings. The van der Waals surface area contributed by atoms with E-state index < -0.39 is 0 Å². The van der Waals surface area contributed by atoms with Crippen LogP contribution in [0.25, 0.3) is 0 Å². The number of amides is 1. The van der Waals surface area contributed by atoms with Crippen molar-refractivity contribution in [2.75, 3.05) is 65.6 Å². The molecule has 0 aliphatic carbocycles. The minimum atomic E-state index is -0.0335. The highest BCUT2D eigenvalue weighted by molar-refractivity contribution is 5.75. The van der Waals surface area contributed by atoms with Crippen LogP contribution in [0.4, 0.5) is 0 Å². The van der Waals surface area contributed by atoms with Crippen LogP contribution in [0.3, 0.4) is 0 Å². The van der Waals surface area contributed by atoms with Crippen LogP contribution >= 0.6 is 0 Å². The van der Waals surface area contributed by atoms with E-state index in [9.17, 15) is 19.5 Å². The van der Waals surface area contributed by atoms with E-state index in [-0.39, 0.29) is 24.5 Å². The lowest BCUT2D eigenvalue weighted by Crippen LogP contribution is -2.38. The largest absolute Gasteiger partial charge is 0.465 e. The molecule has 0 radical (unpaired) electrons. The Balaban J connectivity index is 5.07. The van der Waals surface area contributed by atoms with Crippen molar-refractivity contribution in [1.82, 2.24) is 15.1 Å². The van der Waals surface area contributed by atoms with Gasteiger partial charge in [0.15, 0.2) is 0 Å². The lowest BCUT2D eigenvalue weighted by atomic mass is 9.95. The molecule has 0 rings (SSSR count). The summed E-state index contributed by atoms with van der Waals surface area (Å²) in [6.45, 7) is 18.6. The second-order valence-corrected chi connectivity index (χ2v) is 21.2. The Bertz CT molecular complexity index is 1040. The fraction of sp³-hybridized carbons (Fsp3) is 0.950. The molecule has 9 nitrogen and oxygen atoms in total. The third kappa shape index (κ3) is 48.3. The van der Waals surface area contributed by atoms with Crippen molar-refractivity contribution >= 4 is 17.8 Å². The van der Waals surface area contributed by atoms with Crippen LogP contribution in [0.5, 0.6) is 0 Å². The van der Waals surface area contributed by atoms with Gasteiger partial charge in [-0.05, 0) is 102 Å². The number of hydrogen-bond donors (Lipinski definition) is 2. The van der Waals surface area contributed by atoms with Crippen LogP contribution in [0.15, 0.2) is 0 Å². The standard InChI is InChI=1S/C60H119N3O6/c1-6-11-16-21-24-30-41-56(39-28-19-14-9-4)54-68-59(66)44-33-26-36-47-62(50-51-63(52-53-64)49-38-35-46-61-58(65)43-32-23-18-13-8-3)48-37-27-34-45-60(67)69-55-57(40-29-20-15-10-5)42-31-25-22-17-12-7-2/h56-57,64H,6-55H2,1-5H3,(H,61,65). The fourth-order valence-corrected chi connectivity index (χ4v) is 9.66. The summed E-state index contributed by atoms with van der Waals surface area (Å²) in [5, 5.41) is 13.0. The Morgan fingerprint density at radius 2 is 0.696 bits per heavy atom. The van der Waals surface area contributed by atoms with Gasteiger partial charge in [0.25, 0.3) is 0 Å². The van der Waals surface area contributed by atoms with Gasteiger partial charge in [-0.1, -0.05) is 202 Å². The number of nitrogens with one attached hydrogen (secondary N) is 1. The maximum Gasteiger partial charge on any atom is 0.305 e. The molecule has 9 heteroatoms. The third-order valence-electron chi connectivity index (χ3n) is 14.4. The summed E-state index contributed by atoms with van der Waals surface area (Å²) in [5.41, 5.74) is 0. The number of aliphatic hydroxyl groups excluding tert-OH is 1. The second-order valence-electron chi connectivity index (χ2n) is 21.2. The molecule has 0 aliphatic rings. The van der Waals surface area contributed by atoms with E-state index in [2.05, 4.69) is 49.7 Å². The smallest absolute Gasteiger partial charge is 0.305 e. The number of esters is 2. The number of carbonyl (C=O) groups excluding carboxylic acids is 3. The van der Waals surface area contributed by atoms with Gasteiger partial charge in [0, 0.05) is 45.4 Å². The van der Waals surface area contributed by atoms with Crippen LogP contribution in [-0.4, -0.2) is 98.4 Å². The number of rotatable bonds is 56. The minimum Gasteiger partial charge on any atom is -0.465 e. The van der Waals surface area contributed by atoms with Crippen molar-refractivity contribution in [2.24, 2.45) is 11.8 Å². The van der Waals surface area contributed by atoms with E-state index in [1.807, 2.05) is 0 Å². The summed E-state index contributed by atoms with van der Waals surface area (Å²) in [4.78, 5) is 43.0. The molecular formula is C60H119N3O6. The van der Waals surface area contributed by atoms with Crippen molar-refractivity contribution in [1.29, 1.82) is 0 Å². The van der Waals surface area contributed by atoms with Crippen LogP contribution in [0.1, 0.15) is 291 Å². The van der Waals surface area contributed by atoms with Crippen molar-refractivity contribution < 1.29 is 29.0 Å². The molecular weight excluding hydrogens is 859 g/mol. The zero-order valence-electron chi connectivity index (χ0n) is 46.9. The van der Waals surface area contributed by atoms with Crippen molar-refractivity contribution in [2.45, 2.75) is 291 Å². The van der Waals surface area contributed by atoms with Gasteiger partial charge < -0.3 is 24.8 Å². The monoisotopic (exact) mass is 978 g/mol. The molecule has 0 fully saturated rings. The van der Waals surface area contributed by atoms with Gasteiger partial charge in [-0.15, -0.1) is 0 Å². The maximum atomic E-state index is 12.9. The molecule has 0 saturated carbocycles. The molecule has 0 spiro atoms. The summed E-state index contributed by atoms with van der Waals surface area (Å²) in [5.74, 6) is 1.09. The molecule has 69 heavy (non-hydrogen) atoms. The summed E-state index contributed by atoms with van der Waals surface area (Å²) < 4.78 is 11.8. The zero-order chi connectivity index (χ0) is 50.5. The highest BCUT2D eigenvalue weighted by atomic mass is 16.5.